The molecular weight excluding hydrogens is 302 g/mol. The van der Waals surface area contributed by atoms with Gasteiger partial charge in [-0.2, -0.15) is 11.8 Å². The largest absolute Gasteiger partial charge is 0.378 e. The van der Waals surface area contributed by atoms with Crippen molar-refractivity contribution < 1.29 is 13.3 Å². The normalized spacial score (nSPS) is 16.7. The van der Waals surface area contributed by atoms with Crippen molar-refractivity contribution in [2.75, 3.05) is 18.1 Å². The van der Waals surface area contributed by atoms with Crippen LogP contribution in [-0.2, 0) is 10.0 Å². The van der Waals surface area contributed by atoms with Crippen LogP contribution in [0.15, 0.2) is 23.1 Å². The van der Waals surface area contributed by atoms with Gasteiger partial charge in [0.25, 0.3) is 5.69 Å². The van der Waals surface area contributed by atoms with E-state index >= 15 is 0 Å². The highest BCUT2D eigenvalue weighted by Gasteiger charge is 2.41. The fraction of sp³-hybridized carbons (Fsp3) is 0.455. The van der Waals surface area contributed by atoms with Gasteiger partial charge in [0.1, 0.15) is 5.69 Å². The minimum absolute atomic E-state index is 0.145. The molecule has 1 saturated carbocycles. The highest BCUT2D eigenvalue weighted by molar-refractivity contribution is 8.00. The van der Waals surface area contributed by atoms with Crippen LogP contribution in [0.1, 0.15) is 12.8 Å². The summed E-state index contributed by atoms with van der Waals surface area (Å²) in [7, 11) is -3.95. The molecule has 1 aliphatic carbocycles. The van der Waals surface area contributed by atoms with Crippen LogP contribution in [0.2, 0.25) is 0 Å². The zero-order chi connectivity index (χ0) is 15.0. The van der Waals surface area contributed by atoms with Crippen molar-refractivity contribution in [3.05, 3.63) is 28.3 Å². The molecule has 0 bridgehead atoms. The quantitative estimate of drug-likeness (QED) is 0.607. The number of hydrogen-bond donors (Lipinski definition) is 2. The van der Waals surface area contributed by atoms with Crippen LogP contribution in [-0.4, -0.2) is 30.9 Å². The highest BCUT2D eigenvalue weighted by atomic mass is 32.2. The van der Waals surface area contributed by atoms with Crippen LogP contribution >= 0.6 is 11.8 Å². The summed E-state index contributed by atoms with van der Waals surface area (Å²) >= 11 is 1.73. The van der Waals surface area contributed by atoms with E-state index in [4.69, 9.17) is 5.14 Å². The Labute approximate surface area is 121 Å². The number of nitro benzene ring substituents is 1. The lowest BCUT2D eigenvalue weighted by molar-refractivity contribution is -0.384. The highest BCUT2D eigenvalue weighted by Crippen LogP contribution is 2.47. The Hall–Kier alpha value is -1.32. The second-order valence-electron chi connectivity index (χ2n) is 4.72. The molecule has 0 aliphatic heterocycles. The van der Waals surface area contributed by atoms with Crippen LogP contribution in [0.4, 0.5) is 11.4 Å². The van der Waals surface area contributed by atoms with Crippen LogP contribution in [0, 0.1) is 10.1 Å². The van der Waals surface area contributed by atoms with Crippen molar-refractivity contribution in [1.29, 1.82) is 0 Å². The van der Waals surface area contributed by atoms with Gasteiger partial charge in [0.05, 0.1) is 9.82 Å². The maximum absolute atomic E-state index is 11.2. The third kappa shape index (κ3) is 3.22. The van der Waals surface area contributed by atoms with Gasteiger partial charge < -0.3 is 5.32 Å². The molecule has 110 valence electrons. The van der Waals surface area contributed by atoms with Gasteiger partial charge in [-0.1, -0.05) is 0 Å². The lowest BCUT2D eigenvalue weighted by atomic mass is 10.2. The van der Waals surface area contributed by atoms with E-state index in [1.165, 1.54) is 12.1 Å². The summed E-state index contributed by atoms with van der Waals surface area (Å²) in [4.78, 5) is 10.2. The van der Waals surface area contributed by atoms with Crippen molar-refractivity contribution in [3.63, 3.8) is 0 Å². The smallest absolute Gasteiger partial charge is 0.293 e. The Bertz CT molecular complexity index is 641. The van der Waals surface area contributed by atoms with E-state index < -0.39 is 14.9 Å². The Morgan fingerprint density at radius 3 is 2.60 bits per heavy atom. The number of sulfonamides is 1. The molecule has 1 aliphatic rings. The number of nitrogens with zero attached hydrogens (tertiary/aromatic N) is 1. The van der Waals surface area contributed by atoms with Gasteiger partial charge in [0, 0.05) is 17.4 Å². The van der Waals surface area contributed by atoms with Crippen LogP contribution in [0.3, 0.4) is 0 Å². The molecule has 0 amide bonds. The number of anilines is 1. The number of nitrogens with one attached hydrogen (secondary N) is 1. The molecule has 0 heterocycles. The van der Waals surface area contributed by atoms with Crippen LogP contribution < -0.4 is 10.5 Å². The van der Waals surface area contributed by atoms with Crippen LogP contribution in [0.25, 0.3) is 0 Å². The summed E-state index contributed by atoms with van der Waals surface area (Å²) in [6.45, 7) is 0.615. The molecule has 1 aromatic rings. The fourth-order valence-electron chi connectivity index (χ4n) is 1.84. The Balaban J connectivity index is 2.26. The molecule has 0 atom stereocenters. The monoisotopic (exact) mass is 317 g/mol. The van der Waals surface area contributed by atoms with Crippen molar-refractivity contribution in [2.24, 2.45) is 5.14 Å². The van der Waals surface area contributed by atoms with Gasteiger partial charge in [0.15, 0.2) is 0 Å². The van der Waals surface area contributed by atoms with E-state index in [1.54, 1.807) is 11.8 Å². The molecule has 7 nitrogen and oxygen atoms in total. The predicted molar refractivity (Wildman–Crippen MR) is 78.4 cm³/mol. The third-order valence-corrected chi connectivity index (χ3v) is 5.67. The minimum Gasteiger partial charge on any atom is -0.378 e. The lowest BCUT2D eigenvalue weighted by Crippen LogP contribution is -2.18. The number of nitrogens with two attached hydrogens (primary N) is 1. The summed E-state index contributed by atoms with van der Waals surface area (Å²) in [5, 5.41) is 19.0. The van der Waals surface area contributed by atoms with Crippen molar-refractivity contribution in [3.8, 4) is 0 Å². The molecule has 3 N–H and O–H groups in total. The zero-order valence-electron chi connectivity index (χ0n) is 10.8. The molecule has 0 unspecified atom stereocenters. The van der Waals surface area contributed by atoms with Gasteiger partial charge in [-0.3, -0.25) is 10.1 Å². The molecule has 2 rings (SSSR count). The van der Waals surface area contributed by atoms with E-state index in [-0.39, 0.29) is 15.3 Å². The predicted octanol–water partition coefficient (Wildman–Crippen LogP) is 1.55. The van der Waals surface area contributed by atoms with Gasteiger partial charge in [-0.15, -0.1) is 0 Å². The summed E-state index contributed by atoms with van der Waals surface area (Å²) in [5.41, 5.74) is 0.0242. The Morgan fingerprint density at radius 1 is 1.50 bits per heavy atom. The first kappa shape index (κ1) is 15.1. The van der Waals surface area contributed by atoms with E-state index in [9.17, 15) is 18.5 Å². The average molecular weight is 317 g/mol. The number of benzene rings is 1. The summed E-state index contributed by atoms with van der Waals surface area (Å²) in [5.74, 6) is 0. The number of nitro groups is 1. The van der Waals surface area contributed by atoms with E-state index in [0.717, 1.165) is 18.9 Å². The zero-order valence-corrected chi connectivity index (χ0v) is 12.5. The minimum atomic E-state index is -3.95. The maximum atomic E-state index is 11.2. The molecular formula is C11H15N3O4S2. The number of primary sulfonamides is 1. The topological polar surface area (TPSA) is 115 Å². The van der Waals surface area contributed by atoms with Crippen molar-refractivity contribution in [1.82, 2.24) is 0 Å². The van der Waals surface area contributed by atoms with Crippen molar-refractivity contribution in [2.45, 2.75) is 22.5 Å². The van der Waals surface area contributed by atoms with E-state index in [2.05, 4.69) is 5.32 Å². The summed E-state index contributed by atoms with van der Waals surface area (Å²) < 4.78 is 22.6. The molecule has 0 saturated heterocycles. The maximum Gasteiger partial charge on any atom is 0.293 e. The molecule has 1 fully saturated rings. The number of rotatable bonds is 6. The second kappa shape index (κ2) is 5.23. The molecule has 1 aromatic carbocycles. The van der Waals surface area contributed by atoms with Gasteiger partial charge >= 0.3 is 0 Å². The molecule has 9 heteroatoms. The molecule has 0 radical (unpaired) electrons. The lowest BCUT2D eigenvalue weighted by Gasteiger charge is -2.14. The van der Waals surface area contributed by atoms with E-state index in [1.807, 2.05) is 6.26 Å². The first-order valence-corrected chi connectivity index (χ1v) is 8.65. The first-order chi connectivity index (χ1) is 9.27. The summed E-state index contributed by atoms with van der Waals surface area (Å²) in [6.07, 6.45) is 4.15. The SMILES string of the molecule is CSC1(CNc2ccc(S(N)(=O)=O)cc2[N+](=O)[O-])CC1. The van der Waals surface area contributed by atoms with Gasteiger partial charge in [-0.05, 0) is 31.2 Å². The van der Waals surface area contributed by atoms with Crippen LogP contribution in [0.5, 0.6) is 0 Å². The molecule has 0 aromatic heterocycles. The standard InChI is InChI=1S/C11H15N3O4S2/c1-19-11(4-5-11)7-13-9-3-2-8(20(12,17)18)6-10(9)14(15)16/h2-3,6,13H,4-5,7H2,1H3,(H2,12,17,18). The fourth-order valence-corrected chi connectivity index (χ4v) is 3.10. The second-order valence-corrected chi connectivity index (χ2v) is 7.56. The van der Waals surface area contributed by atoms with Gasteiger partial charge in [0.2, 0.25) is 10.0 Å². The summed E-state index contributed by atoms with van der Waals surface area (Å²) in [6, 6.07) is 3.63. The number of thioether (sulfide) groups is 1. The average Bonchev–Trinajstić information content (AvgIpc) is 3.15. The molecule has 0 spiro atoms. The third-order valence-electron chi connectivity index (χ3n) is 3.34. The number of hydrogen-bond acceptors (Lipinski definition) is 6. The Kier molecular flexibility index (Phi) is 3.94. The van der Waals surface area contributed by atoms with Gasteiger partial charge in [-0.25, -0.2) is 13.6 Å². The molecule has 20 heavy (non-hydrogen) atoms. The Morgan fingerprint density at radius 2 is 2.15 bits per heavy atom. The first-order valence-electron chi connectivity index (χ1n) is 5.88. The van der Waals surface area contributed by atoms with E-state index in [0.29, 0.717) is 12.2 Å². The van der Waals surface area contributed by atoms with Crippen molar-refractivity contribution >= 4 is 33.2 Å².